The number of aryl methyl sites for hydroxylation is 2. The number of anilines is 1. The Morgan fingerprint density at radius 1 is 1.26 bits per heavy atom. The van der Waals surface area contributed by atoms with Crippen LogP contribution in [0.5, 0.6) is 0 Å². The average molecular weight is 261 g/mol. The number of carbonyl (C=O) groups excluding carboxylic acids is 1. The van der Waals surface area contributed by atoms with Crippen molar-refractivity contribution in [3.8, 4) is 0 Å². The van der Waals surface area contributed by atoms with Crippen LogP contribution < -0.4 is 5.32 Å². The fourth-order valence-electron chi connectivity index (χ4n) is 2.36. The van der Waals surface area contributed by atoms with Crippen molar-refractivity contribution < 1.29 is 14.7 Å². The molecule has 0 heterocycles. The van der Waals surface area contributed by atoms with Crippen LogP contribution in [0.4, 0.5) is 5.69 Å². The van der Waals surface area contributed by atoms with E-state index in [4.69, 9.17) is 5.11 Å². The molecule has 102 valence electrons. The first-order valence-corrected chi connectivity index (χ1v) is 6.55. The number of hydrogen-bond acceptors (Lipinski definition) is 2. The third-order valence-corrected chi connectivity index (χ3v) is 4.06. The summed E-state index contributed by atoms with van der Waals surface area (Å²) in [5, 5.41) is 12.0. The molecule has 0 atom stereocenters. The number of aromatic carboxylic acids is 1. The van der Waals surface area contributed by atoms with Gasteiger partial charge in [0, 0.05) is 11.1 Å². The third-order valence-electron chi connectivity index (χ3n) is 4.06. The van der Waals surface area contributed by atoms with Crippen molar-refractivity contribution in [1.29, 1.82) is 0 Å². The van der Waals surface area contributed by atoms with Gasteiger partial charge in [0.15, 0.2) is 0 Å². The zero-order valence-corrected chi connectivity index (χ0v) is 11.5. The van der Waals surface area contributed by atoms with E-state index in [2.05, 4.69) is 5.32 Å². The molecule has 1 aliphatic carbocycles. The molecule has 2 rings (SSSR count). The summed E-state index contributed by atoms with van der Waals surface area (Å²) in [6.45, 7) is 5.65. The number of carboxylic acid groups (broad SMARTS) is 1. The topological polar surface area (TPSA) is 66.4 Å². The molecule has 1 aliphatic rings. The molecule has 1 aromatic carbocycles. The van der Waals surface area contributed by atoms with Crippen molar-refractivity contribution in [2.24, 2.45) is 5.41 Å². The van der Waals surface area contributed by atoms with E-state index in [0.717, 1.165) is 24.8 Å². The first-order valence-electron chi connectivity index (χ1n) is 6.55. The predicted octanol–water partition coefficient (Wildman–Crippen LogP) is 3.13. The van der Waals surface area contributed by atoms with E-state index >= 15 is 0 Å². The molecule has 0 saturated heterocycles. The number of carbonyl (C=O) groups is 2. The van der Waals surface area contributed by atoms with Crippen LogP contribution in [-0.2, 0) is 4.79 Å². The quantitative estimate of drug-likeness (QED) is 0.875. The van der Waals surface area contributed by atoms with E-state index in [9.17, 15) is 9.59 Å². The van der Waals surface area contributed by atoms with Crippen LogP contribution in [0.15, 0.2) is 12.1 Å². The van der Waals surface area contributed by atoms with Gasteiger partial charge in [-0.3, -0.25) is 4.79 Å². The fourth-order valence-corrected chi connectivity index (χ4v) is 2.36. The van der Waals surface area contributed by atoms with Crippen LogP contribution in [0.1, 0.15) is 47.7 Å². The van der Waals surface area contributed by atoms with Crippen LogP contribution in [-0.4, -0.2) is 17.0 Å². The molecule has 2 N–H and O–H groups in total. The summed E-state index contributed by atoms with van der Waals surface area (Å²) < 4.78 is 0. The lowest BCUT2D eigenvalue weighted by atomic mass is 10.0. The lowest BCUT2D eigenvalue weighted by Gasteiger charge is -2.16. The van der Waals surface area contributed by atoms with Gasteiger partial charge < -0.3 is 10.4 Å². The zero-order chi connectivity index (χ0) is 14.2. The smallest absolute Gasteiger partial charge is 0.336 e. The Morgan fingerprint density at radius 3 is 2.37 bits per heavy atom. The normalized spacial score (nSPS) is 15.9. The molecule has 1 saturated carbocycles. The molecule has 1 fully saturated rings. The van der Waals surface area contributed by atoms with Gasteiger partial charge in [-0.1, -0.05) is 13.0 Å². The highest BCUT2D eigenvalue weighted by molar-refractivity contribution is 5.99. The van der Waals surface area contributed by atoms with E-state index in [-0.39, 0.29) is 16.9 Å². The summed E-state index contributed by atoms with van der Waals surface area (Å²) in [5.41, 5.74) is 2.22. The van der Waals surface area contributed by atoms with Gasteiger partial charge in [-0.05, 0) is 50.3 Å². The minimum atomic E-state index is -0.968. The summed E-state index contributed by atoms with van der Waals surface area (Å²) in [4.78, 5) is 23.3. The standard InChI is InChI=1S/C15H19NO3/c1-4-15(5-6-15)14(19)16-12-8-11(13(17)18)9(2)7-10(12)3/h7-8H,4-6H2,1-3H3,(H,16,19)(H,17,18). The van der Waals surface area contributed by atoms with Gasteiger partial charge in [-0.25, -0.2) is 4.79 Å². The average Bonchev–Trinajstić information content (AvgIpc) is 3.12. The van der Waals surface area contributed by atoms with Crippen molar-refractivity contribution in [3.63, 3.8) is 0 Å². The number of carboxylic acids is 1. The maximum atomic E-state index is 12.2. The highest BCUT2D eigenvalue weighted by Crippen LogP contribution is 2.49. The molecular formula is C15H19NO3. The third kappa shape index (κ3) is 2.48. The molecular weight excluding hydrogens is 242 g/mol. The molecule has 0 unspecified atom stereocenters. The van der Waals surface area contributed by atoms with Crippen LogP contribution in [0, 0.1) is 19.3 Å². The predicted molar refractivity (Wildman–Crippen MR) is 73.5 cm³/mol. The van der Waals surface area contributed by atoms with E-state index in [1.54, 1.807) is 19.1 Å². The highest BCUT2D eigenvalue weighted by atomic mass is 16.4. The summed E-state index contributed by atoms with van der Waals surface area (Å²) in [7, 11) is 0. The van der Waals surface area contributed by atoms with Gasteiger partial charge in [0.2, 0.25) is 5.91 Å². The molecule has 4 heteroatoms. The first kappa shape index (κ1) is 13.6. The SMILES string of the molecule is CCC1(C(=O)Nc2cc(C(=O)O)c(C)cc2C)CC1. The largest absolute Gasteiger partial charge is 0.478 e. The minimum absolute atomic E-state index is 0.0123. The number of amides is 1. The molecule has 0 spiro atoms. The van der Waals surface area contributed by atoms with Gasteiger partial charge in [0.1, 0.15) is 0 Å². The van der Waals surface area contributed by atoms with Gasteiger partial charge in [0.05, 0.1) is 5.56 Å². The summed E-state index contributed by atoms with van der Waals surface area (Å²) in [6, 6.07) is 3.35. The molecule has 1 aromatic rings. The summed E-state index contributed by atoms with van der Waals surface area (Å²) >= 11 is 0. The number of hydrogen-bond donors (Lipinski definition) is 2. The molecule has 0 bridgehead atoms. The second kappa shape index (κ2) is 4.68. The maximum Gasteiger partial charge on any atom is 0.336 e. The van der Waals surface area contributed by atoms with Crippen LogP contribution in [0.25, 0.3) is 0 Å². The second-order valence-corrected chi connectivity index (χ2v) is 5.38. The lowest BCUT2D eigenvalue weighted by Crippen LogP contribution is -2.24. The van der Waals surface area contributed by atoms with E-state index in [1.807, 2.05) is 13.8 Å². The summed E-state index contributed by atoms with van der Waals surface area (Å²) in [6.07, 6.45) is 2.67. The maximum absolute atomic E-state index is 12.2. The van der Waals surface area contributed by atoms with Crippen LogP contribution in [0.3, 0.4) is 0 Å². The van der Waals surface area contributed by atoms with Gasteiger partial charge >= 0.3 is 5.97 Å². The summed E-state index contributed by atoms with van der Waals surface area (Å²) in [5.74, 6) is -0.956. The Hall–Kier alpha value is -1.84. The Bertz CT molecular complexity index is 545. The van der Waals surface area contributed by atoms with Gasteiger partial charge in [-0.15, -0.1) is 0 Å². The first-order chi connectivity index (χ1) is 8.89. The monoisotopic (exact) mass is 261 g/mol. The van der Waals surface area contributed by atoms with Gasteiger partial charge in [-0.2, -0.15) is 0 Å². The minimum Gasteiger partial charge on any atom is -0.478 e. The number of rotatable bonds is 4. The Balaban J connectivity index is 2.28. The Labute approximate surface area is 112 Å². The molecule has 1 amide bonds. The number of nitrogens with one attached hydrogen (secondary N) is 1. The van der Waals surface area contributed by atoms with Crippen LogP contribution >= 0.6 is 0 Å². The van der Waals surface area contributed by atoms with Crippen molar-refractivity contribution in [1.82, 2.24) is 0 Å². The second-order valence-electron chi connectivity index (χ2n) is 5.38. The van der Waals surface area contributed by atoms with Crippen molar-refractivity contribution in [2.45, 2.75) is 40.0 Å². The highest BCUT2D eigenvalue weighted by Gasteiger charge is 2.48. The molecule has 0 radical (unpaired) electrons. The van der Waals surface area contributed by atoms with Gasteiger partial charge in [0.25, 0.3) is 0 Å². The molecule has 0 aromatic heterocycles. The lowest BCUT2D eigenvalue weighted by molar-refractivity contribution is -0.121. The Morgan fingerprint density at radius 2 is 1.89 bits per heavy atom. The van der Waals surface area contributed by atoms with Crippen molar-refractivity contribution >= 4 is 17.6 Å². The van der Waals surface area contributed by atoms with E-state index in [0.29, 0.717) is 11.3 Å². The van der Waals surface area contributed by atoms with Crippen LogP contribution in [0.2, 0.25) is 0 Å². The van der Waals surface area contributed by atoms with Crippen molar-refractivity contribution in [3.05, 3.63) is 28.8 Å². The number of benzene rings is 1. The molecule has 4 nitrogen and oxygen atoms in total. The fraction of sp³-hybridized carbons (Fsp3) is 0.467. The molecule has 0 aliphatic heterocycles. The molecule has 19 heavy (non-hydrogen) atoms. The Kier molecular flexibility index (Phi) is 3.35. The van der Waals surface area contributed by atoms with Crippen molar-refractivity contribution in [2.75, 3.05) is 5.32 Å². The van der Waals surface area contributed by atoms with E-state index in [1.165, 1.54) is 0 Å². The van der Waals surface area contributed by atoms with E-state index < -0.39 is 5.97 Å². The zero-order valence-electron chi connectivity index (χ0n) is 11.5.